The van der Waals surface area contributed by atoms with Gasteiger partial charge in [-0.15, -0.1) is 0 Å². The maximum Gasteiger partial charge on any atom is 0.255 e. The van der Waals surface area contributed by atoms with Crippen molar-refractivity contribution in [3.63, 3.8) is 0 Å². The van der Waals surface area contributed by atoms with E-state index in [9.17, 15) is 14.1 Å². The van der Waals surface area contributed by atoms with E-state index in [0.29, 0.717) is 17.6 Å². The molecule has 4 aromatic rings. The fraction of sp³-hybridized carbons (Fsp3) is 0.120. The molecule has 0 aliphatic carbocycles. The molecule has 0 spiro atoms. The summed E-state index contributed by atoms with van der Waals surface area (Å²) in [5, 5.41) is 1.53. The Balaban J connectivity index is 1.38. The Hall–Kier alpha value is -3.93. The topological polar surface area (TPSA) is 62.4 Å². The van der Waals surface area contributed by atoms with Gasteiger partial charge in [-0.25, -0.2) is 0 Å². The average molecular weight is 414 g/mol. The van der Waals surface area contributed by atoms with E-state index >= 15 is 0 Å². The number of hydrogen-bond donors (Lipinski definition) is 1. The highest BCUT2D eigenvalue weighted by Crippen LogP contribution is 2.32. The normalized spacial score (nSPS) is 12.7. The second kappa shape index (κ2) is 7.72. The third kappa shape index (κ3) is 3.46. The maximum absolute atomic E-state index is 12.9. The summed E-state index contributed by atoms with van der Waals surface area (Å²) in [5.41, 5.74) is 4.37. The van der Waals surface area contributed by atoms with Crippen molar-refractivity contribution in [2.75, 3.05) is 11.4 Å². The highest BCUT2D eigenvalue weighted by molar-refractivity contribution is 5.98. The first kappa shape index (κ1) is 19.1. The maximum atomic E-state index is 12.9. The minimum absolute atomic E-state index is 0.0444. The predicted octanol–water partition coefficient (Wildman–Crippen LogP) is 4.59. The molecule has 0 saturated carbocycles. The van der Waals surface area contributed by atoms with E-state index in [4.69, 9.17) is 0 Å². The van der Waals surface area contributed by atoms with Crippen LogP contribution < -0.4 is 15.4 Å². The number of aromatic nitrogens is 1. The summed E-state index contributed by atoms with van der Waals surface area (Å²) >= 11 is 0. The molecule has 5 rings (SSSR count). The molecule has 6 heteroatoms. The summed E-state index contributed by atoms with van der Waals surface area (Å²) in [6.45, 7) is 0.575. The molecule has 0 saturated heterocycles. The minimum atomic E-state index is -0.117. The van der Waals surface area contributed by atoms with Crippen LogP contribution in [0.3, 0.4) is 0 Å². The first-order chi connectivity index (χ1) is 15.1. The average Bonchev–Trinajstić information content (AvgIpc) is 3.23. The molecular weight excluding hydrogens is 395 g/mol. The molecule has 1 N–H and O–H groups in total. The summed E-state index contributed by atoms with van der Waals surface area (Å²) in [7, 11) is 0. The van der Waals surface area contributed by atoms with Gasteiger partial charge in [0.2, 0.25) is 5.91 Å². The number of hydrogen-bond acceptors (Lipinski definition) is 3. The van der Waals surface area contributed by atoms with E-state index in [1.165, 1.54) is 0 Å². The largest absolute Gasteiger partial charge is 0.328 e. The van der Waals surface area contributed by atoms with Gasteiger partial charge in [0.25, 0.3) is 5.56 Å². The summed E-state index contributed by atoms with van der Waals surface area (Å²) in [6.07, 6.45) is 2.70. The summed E-state index contributed by atoms with van der Waals surface area (Å²) in [5.74, 6) is 0.0490. The highest BCUT2D eigenvalue weighted by atomic mass is 19.3. The molecule has 1 aliphatic heterocycles. The van der Waals surface area contributed by atoms with Crippen LogP contribution in [0.1, 0.15) is 11.1 Å². The number of carbonyl (C=O) groups is 1. The van der Waals surface area contributed by atoms with Crippen LogP contribution in [0.15, 0.2) is 77.7 Å². The monoisotopic (exact) mass is 414 g/mol. The lowest BCUT2D eigenvalue weighted by atomic mass is 9.99. The molecule has 1 aromatic heterocycles. The van der Waals surface area contributed by atoms with Gasteiger partial charge in [0, 0.05) is 34.3 Å². The van der Waals surface area contributed by atoms with Crippen molar-refractivity contribution >= 4 is 22.4 Å². The Morgan fingerprint density at radius 2 is 1.81 bits per heavy atom. The Morgan fingerprint density at radius 1 is 1.03 bits per heavy atom. The summed E-state index contributed by atoms with van der Waals surface area (Å²) in [4.78, 5) is 33.3. The number of rotatable bonds is 4. The Labute approximate surface area is 177 Å². The highest BCUT2D eigenvalue weighted by Gasteiger charge is 2.25. The fourth-order valence-electron chi connectivity index (χ4n) is 4.19. The van der Waals surface area contributed by atoms with E-state index in [0.717, 1.165) is 34.1 Å². The minimum Gasteiger partial charge on any atom is -0.328 e. The number of nitrogens with zero attached hydrogens (tertiary/aromatic N) is 1. The SMILES string of the molecule is O=C(Cc1ccc(-c2c[nH]c(=O)c3ccccc23)cc1)N1CCc2ccc(OF)cc21. The number of benzene rings is 3. The lowest BCUT2D eigenvalue weighted by Gasteiger charge is -2.18. The number of anilines is 1. The third-order valence-electron chi connectivity index (χ3n) is 5.77. The van der Waals surface area contributed by atoms with Gasteiger partial charge >= 0.3 is 0 Å². The molecule has 1 aliphatic rings. The molecule has 0 atom stereocenters. The summed E-state index contributed by atoms with van der Waals surface area (Å²) in [6, 6.07) is 20.1. The third-order valence-corrected chi connectivity index (χ3v) is 5.77. The Bertz CT molecular complexity index is 1350. The first-order valence-corrected chi connectivity index (χ1v) is 10.1. The molecule has 3 aromatic carbocycles. The molecule has 1 amide bonds. The van der Waals surface area contributed by atoms with Crippen LogP contribution in [0.2, 0.25) is 0 Å². The van der Waals surface area contributed by atoms with Gasteiger partial charge in [-0.05, 0) is 40.6 Å². The molecule has 5 nitrogen and oxygen atoms in total. The number of halogens is 1. The quantitative estimate of drug-likeness (QED) is 0.531. The molecule has 2 heterocycles. The lowest BCUT2D eigenvalue weighted by molar-refractivity contribution is -0.117. The van der Waals surface area contributed by atoms with E-state index in [-0.39, 0.29) is 23.6 Å². The Morgan fingerprint density at radius 3 is 2.58 bits per heavy atom. The number of nitrogens with one attached hydrogen (secondary N) is 1. The molecule has 154 valence electrons. The van der Waals surface area contributed by atoms with Crippen molar-refractivity contribution in [2.24, 2.45) is 0 Å². The van der Waals surface area contributed by atoms with E-state index < -0.39 is 0 Å². The van der Waals surface area contributed by atoms with Crippen molar-refractivity contribution in [1.82, 2.24) is 4.98 Å². The molecule has 0 bridgehead atoms. The van der Waals surface area contributed by atoms with Crippen LogP contribution in [0.5, 0.6) is 5.75 Å². The van der Waals surface area contributed by atoms with Crippen molar-refractivity contribution < 1.29 is 14.3 Å². The number of fused-ring (bicyclic) bond motifs is 2. The van der Waals surface area contributed by atoms with Crippen molar-refractivity contribution in [1.29, 1.82) is 0 Å². The van der Waals surface area contributed by atoms with Crippen molar-refractivity contribution in [3.8, 4) is 16.9 Å². The zero-order valence-electron chi connectivity index (χ0n) is 16.6. The zero-order chi connectivity index (χ0) is 21.4. The van der Waals surface area contributed by atoms with Crippen molar-refractivity contribution in [2.45, 2.75) is 12.8 Å². The number of carbonyl (C=O) groups excluding carboxylic acids is 1. The van der Waals surface area contributed by atoms with Gasteiger partial charge in [0.1, 0.15) is 0 Å². The van der Waals surface area contributed by atoms with Gasteiger partial charge in [-0.1, -0.05) is 48.5 Å². The van der Waals surface area contributed by atoms with Gasteiger partial charge in [0.05, 0.1) is 12.1 Å². The number of H-pyrrole nitrogens is 1. The van der Waals surface area contributed by atoms with Crippen LogP contribution in [0.4, 0.5) is 10.2 Å². The van der Waals surface area contributed by atoms with Crippen LogP contribution in [0, 0.1) is 0 Å². The van der Waals surface area contributed by atoms with Crippen molar-refractivity contribution in [3.05, 3.63) is 94.4 Å². The zero-order valence-corrected chi connectivity index (χ0v) is 16.6. The van der Waals surface area contributed by atoms with Crippen LogP contribution in [0.25, 0.3) is 21.9 Å². The molecule has 0 unspecified atom stereocenters. The Kier molecular flexibility index (Phi) is 4.75. The molecule has 0 radical (unpaired) electrons. The molecule has 31 heavy (non-hydrogen) atoms. The first-order valence-electron chi connectivity index (χ1n) is 10.1. The smallest absolute Gasteiger partial charge is 0.255 e. The standard InChI is InChI=1S/C25H19FN2O3/c26-31-19-10-9-18-11-12-28(23(18)14-19)24(29)13-16-5-7-17(8-6-16)22-15-27-25(30)21-4-2-1-3-20(21)22/h1-10,14-15H,11-13H2,(H,27,30). The molecule has 0 fully saturated rings. The van der Waals surface area contributed by atoms with Gasteiger partial charge < -0.3 is 9.88 Å². The number of amides is 1. The predicted molar refractivity (Wildman–Crippen MR) is 118 cm³/mol. The van der Waals surface area contributed by atoms with Gasteiger partial charge in [0.15, 0.2) is 5.75 Å². The van der Waals surface area contributed by atoms with Gasteiger partial charge in [-0.3, -0.25) is 14.5 Å². The molecular formula is C25H19FN2O3. The second-order valence-electron chi connectivity index (χ2n) is 7.61. The fourth-order valence-corrected chi connectivity index (χ4v) is 4.19. The van der Waals surface area contributed by atoms with E-state index in [1.807, 2.05) is 42.5 Å². The van der Waals surface area contributed by atoms with Gasteiger partial charge in [-0.2, -0.15) is 0 Å². The lowest BCUT2D eigenvalue weighted by Crippen LogP contribution is -2.30. The van der Waals surface area contributed by atoms with Crippen LogP contribution in [-0.2, 0) is 17.6 Å². The van der Waals surface area contributed by atoms with E-state index in [1.54, 1.807) is 35.4 Å². The van der Waals surface area contributed by atoms with Crippen LogP contribution in [-0.4, -0.2) is 17.4 Å². The second-order valence-corrected chi connectivity index (χ2v) is 7.61. The number of pyridine rings is 1. The van der Waals surface area contributed by atoms with E-state index in [2.05, 4.69) is 9.93 Å². The number of aromatic amines is 1. The van der Waals surface area contributed by atoms with Crippen LogP contribution >= 0.6 is 0 Å². The summed E-state index contributed by atoms with van der Waals surface area (Å²) < 4.78 is 12.5.